The normalized spacial score (nSPS) is 21.9. The second kappa shape index (κ2) is 7.80. The van der Waals surface area contributed by atoms with E-state index in [1.54, 1.807) is 5.56 Å². The first-order valence-electron chi connectivity index (χ1n) is 10.6. The van der Waals surface area contributed by atoms with E-state index in [0.717, 1.165) is 24.6 Å². The van der Waals surface area contributed by atoms with Crippen LogP contribution in [0.15, 0.2) is 24.4 Å². The number of rotatable bonds is 5. The number of fused-ring (bicyclic) bond motifs is 2. The topological polar surface area (TPSA) is 23.4 Å². The average Bonchev–Trinajstić information content (AvgIpc) is 3.02. The van der Waals surface area contributed by atoms with Crippen LogP contribution in [0.3, 0.4) is 0 Å². The van der Waals surface area contributed by atoms with Gasteiger partial charge >= 0.3 is 0 Å². The lowest BCUT2D eigenvalue weighted by atomic mass is 9.75. The summed E-state index contributed by atoms with van der Waals surface area (Å²) in [6.07, 6.45) is 7.32. The van der Waals surface area contributed by atoms with Gasteiger partial charge in [0.2, 0.25) is 0 Å². The maximum absolute atomic E-state index is 5.65. The molecule has 1 fully saturated rings. The molecule has 4 rings (SSSR count). The summed E-state index contributed by atoms with van der Waals surface area (Å²) >= 11 is 5.65. The van der Waals surface area contributed by atoms with Gasteiger partial charge in [-0.15, -0.1) is 0 Å². The number of likely N-dealkylation sites (tertiary alicyclic amines) is 1. The summed E-state index contributed by atoms with van der Waals surface area (Å²) in [6, 6.07) is 7.47. The van der Waals surface area contributed by atoms with Crippen molar-refractivity contribution >= 4 is 28.2 Å². The minimum atomic E-state index is 0.655. The number of nitrogens with zero attached hydrogens (tertiary/aromatic N) is 3. The molecule has 1 aromatic heterocycles. The lowest BCUT2D eigenvalue weighted by Gasteiger charge is -2.44. The van der Waals surface area contributed by atoms with Crippen LogP contribution in [0.4, 0.5) is 0 Å². The molecule has 1 aliphatic heterocycles. The smallest absolute Gasteiger partial charge is 0.188 e. The third-order valence-electron chi connectivity index (χ3n) is 6.44. The molecule has 0 unspecified atom stereocenters. The molecular weight excluding hydrogens is 352 g/mol. The fraction of sp³-hybridized carbons (Fsp3) is 0.591. The molecule has 146 valence electrons. The van der Waals surface area contributed by atoms with Gasteiger partial charge in [0.1, 0.15) is 0 Å². The molecule has 1 aliphatic carbocycles. The van der Waals surface area contributed by atoms with Crippen LogP contribution in [0.1, 0.15) is 57.1 Å². The van der Waals surface area contributed by atoms with E-state index in [0.29, 0.717) is 12.0 Å². The molecule has 0 saturated carbocycles. The van der Waals surface area contributed by atoms with Crippen molar-refractivity contribution in [2.24, 2.45) is 0 Å². The Hall–Kier alpha value is -1.59. The van der Waals surface area contributed by atoms with E-state index >= 15 is 0 Å². The predicted octanol–water partition coefficient (Wildman–Crippen LogP) is 4.33. The van der Waals surface area contributed by atoms with Gasteiger partial charge in [-0.2, -0.15) is 0 Å². The predicted molar refractivity (Wildman–Crippen MR) is 118 cm³/mol. The first kappa shape index (κ1) is 18.8. The zero-order chi connectivity index (χ0) is 19.0. The quantitative estimate of drug-likeness (QED) is 0.776. The molecule has 0 amide bonds. The molecule has 2 heterocycles. The Bertz CT molecular complexity index is 821. The summed E-state index contributed by atoms with van der Waals surface area (Å²) in [4.78, 5) is 4.92. The number of aromatic nitrogens is 1. The minimum Gasteiger partial charge on any atom is -0.348 e. The lowest BCUT2D eigenvalue weighted by Crippen LogP contribution is -2.46. The average molecular weight is 385 g/mol. The highest BCUT2D eigenvalue weighted by molar-refractivity contribution is 7.80. The van der Waals surface area contributed by atoms with Gasteiger partial charge < -0.3 is 4.90 Å². The Labute approximate surface area is 168 Å². The SMILES string of the molecule is CCCN1CCC[C@@H]2c3cccc4c3c(cn4NC(=S)N(CC)CC)C[C@H]21. The summed E-state index contributed by atoms with van der Waals surface area (Å²) in [5.41, 5.74) is 7.76. The Morgan fingerprint density at radius 2 is 2.07 bits per heavy atom. The Balaban J connectivity index is 1.71. The van der Waals surface area contributed by atoms with E-state index in [1.807, 2.05) is 0 Å². The van der Waals surface area contributed by atoms with Gasteiger partial charge in [0.05, 0.1) is 5.52 Å². The molecule has 5 heteroatoms. The first-order valence-corrected chi connectivity index (χ1v) is 11.0. The van der Waals surface area contributed by atoms with E-state index in [4.69, 9.17) is 12.2 Å². The van der Waals surface area contributed by atoms with Gasteiger partial charge in [0.25, 0.3) is 0 Å². The van der Waals surface area contributed by atoms with E-state index in [2.05, 4.69) is 65.1 Å². The molecule has 0 spiro atoms. The molecule has 2 aromatic rings. The zero-order valence-corrected chi connectivity index (χ0v) is 17.7. The largest absolute Gasteiger partial charge is 0.348 e. The minimum absolute atomic E-state index is 0.655. The maximum Gasteiger partial charge on any atom is 0.188 e. The van der Waals surface area contributed by atoms with Gasteiger partial charge in [-0.1, -0.05) is 19.1 Å². The first-order chi connectivity index (χ1) is 13.2. The van der Waals surface area contributed by atoms with Crippen LogP contribution in [0, 0.1) is 0 Å². The summed E-state index contributed by atoms with van der Waals surface area (Å²) in [5.74, 6) is 0.673. The Kier molecular flexibility index (Phi) is 5.42. The second-order valence-electron chi connectivity index (χ2n) is 7.91. The molecule has 2 aliphatic rings. The van der Waals surface area contributed by atoms with E-state index < -0.39 is 0 Å². The van der Waals surface area contributed by atoms with Crippen molar-refractivity contribution in [1.82, 2.24) is 14.5 Å². The van der Waals surface area contributed by atoms with E-state index in [1.165, 1.54) is 48.8 Å². The summed E-state index contributed by atoms with van der Waals surface area (Å²) < 4.78 is 2.16. The number of nitrogens with one attached hydrogen (secondary N) is 1. The summed E-state index contributed by atoms with van der Waals surface area (Å²) in [6.45, 7) is 10.9. The molecule has 1 N–H and O–H groups in total. The monoisotopic (exact) mass is 384 g/mol. The van der Waals surface area contributed by atoms with Gasteiger partial charge in [-0.25, -0.2) is 0 Å². The van der Waals surface area contributed by atoms with Crippen LogP contribution in [0.2, 0.25) is 0 Å². The van der Waals surface area contributed by atoms with Crippen LogP contribution in [-0.2, 0) is 6.42 Å². The molecule has 27 heavy (non-hydrogen) atoms. The molecular formula is C22H32N4S. The van der Waals surface area contributed by atoms with Gasteiger partial charge in [0, 0.05) is 36.6 Å². The molecule has 2 atom stereocenters. The number of hydrogen-bond acceptors (Lipinski definition) is 2. The third-order valence-corrected chi connectivity index (χ3v) is 6.79. The van der Waals surface area contributed by atoms with Crippen LogP contribution in [0.5, 0.6) is 0 Å². The molecule has 0 radical (unpaired) electrons. The zero-order valence-electron chi connectivity index (χ0n) is 16.9. The van der Waals surface area contributed by atoms with E-state index in [-0.39, 0.29) is 0 Å². The highest BCUT2D eigenvalue weighted by Gasteiger charge is 2.37. The highest BCUT2D eigenvalue weighted by Crippen LogP contribution is 2.43. The van der Waals surface area contributed by atoms with Crippen molar-refractivity contribution in [2.75, 3.05) is 31.6 Å². The van der Waals surface area contributed by atoms with Crippen LogP contribution in [-0.4, -0.2) is 51.8 Å². The van der Waals surface area contributed by atoms with Gasteiger partial charge in [0.15, 0.2) is 5.11 Å². The molecule has 0 bridgehead atoms. The summed E-state index contributed by atoms with van der Waals surface area (Å²) in [7, 11) is 0. The van der Waals surface area contributed by atoms with Crippen molar-refractivity contribution in [1.29, 1.82) is 0 Å². The fourth-order valence-electron chi connectivity index (χ4n) is 5.19. The fourth-order valence-corrected chi connectivity index (χ4v) is 5.55. The standard InChI is InChI=1S/C22H32N4S/c1-4-12-25-13-8-10-17-18-9-7-11-19-21(18)16(14-20(17)25)15-26(19)23-22(27)24(5-2)6-3/h7,9,11,15,17,20H,4-6,8,10,12-14H2,1-3H3,(H,23,27)/t17-,20-/m1/s1. The van der Waals surface area contributed by atoms with Crippen molar-refractivity contribution in [2.45, 2.75) is 58.4 Å². The molecule has 1 aromatic carbocycles. The van der Waals surface area contributed by atoms with Crippen molar-refractivity contribution in [3.05, 3.63) is 35.5 Å². The molecule has 1 saturated heterocycles. The van der Waals surface area contributed by atoms with Gasteiger partial charge in [-0.05, 0) is 82.0 Å². The van der Waals surface area contributed by atoms with Crippen LogP contribution >= 0.6 is 12.2 Å². The number of thiocarbonyl (C=S) groups is 1. The summed E-state index contributed by atoms with van der Waals surface area (Å²) in [5, 5.41) is 2.27. The number of hydrogen-bond donors (Lipinski definition) is 1. The lowest BCUT2D eigenvalue weighted by molar-refractivity contribution is 0.124. The van der Waals surface area contributed by atoms with Crippen molar-refractivity contribution in [3.8, 4) is 0 Å². The maximum atomic E-state index is 5.65. The second-order valence-corrected chi connectivity index (χ2v) is 8.30. The van der Waals surface area contributed by atoms with Crippen LogP contribution < -0.4 is 5.43 Å². The van der Waals surface area contributed by atoms with E-state index in [9.17, 15) is 0 Å². The van der Waals surface area contributed by atoms with Crippen molar-refractivity contribution < 1.29 is 0 Å². The molecule has 4 nitrogen and oxygen atoms in total. The third kappa shape index (κ3) is 3.25. The highest BCUT2D eigenvalue weighted by atomic mass is 32.1. The van der Waals surface area contributed by atoms with Gasteiger partial charge in [-0.3, -0.25) is 15.0 Å². The van der Waals surface area contributed by atoms with Crippen molar-refractivity contribution in [3.63, 3.8) is 0 Å². The van der Waals surface area contributed by atoms with Crippen LogP contribution in [0.25, 0.3) is 10.9 Å². The number of benzene rings is 1. The Morgan fingerprint density at radius 1 is 1.26 bits per heavy atom. The Morgan fingerprint density at radius 3 is 2.81 bits per heavy atom. The number of piperidine rings is 1.